The maximum absolute atomic E-state index is 13.2. The van der Waals surface area contributed by atoms with E-state index in [1.54, 1.807) is 12.1 Å². The Morgan fingerprint density at radius 1 is 1.03 bits per heavy atom. The van der Waals surface area contributed by atoms with E-state index in [0.29, 0.717) is 42.2 Å². The molecule has 2 heterocycles. The Morgan fingerprint density at radius 3 is 2.56 bits per heavy atom. The van der Waals surface area contributed by atoms with Gasteiger partial charge in [-0.1, -0.05) is 55.0 Å². The Balaban J connectivity index is 1.17. The molecule has 0 spiro atoms. The van der Waals surface area contributed by atoms with E-state index in [1.807, 2.05) is 60.4 Å². The number of aryl methyl sites for hydroxylation is 1. The number of piperidine rings is 1. The lowest BCUT2D eigenvalue weighted by molar-refractivity contribution is -0.126. The van der Waals surface area contributed by atoms with Gasteiger partial charge in [0.1, 0.15) is 5.52 Å². The third-order valence-corrected chi connectivity index (χ3v) is 7.15. The molecule has 1 aliphatic heterocycles. The van der Waals surface area contributed by atoms with E-state index in [0.717, 1.165) is 24.0 Å². The van der Waals surface area contributed by atoms with E-state index in [9.17, 15) is 9.59 Å². The zero-order chi connectivity index (χ0) is 25.1. The van der Waals surface area contributed by atoms with Crippen molar-refractivity contribution in [1.29, 1.82) is 0 Å². The van der Waals surface area contributed by atoms with Crippen molar-refractivity contribution in [2.75, 3.05) is 13.1 Å². The van der Waals surface area contributed by atoms with Gasteiger partial charge in [0.15, 0.2) is 5.58 Å². The number of aromatic nitrogens is 1. The zero-order valence-electron chi connectivity index (χ0n) is 20.7. The van der Waals surface area contributed by atoms with Gasteiger partial charge in [-0.05, 0) is 61.6 Å². The zero-order valence-corrected chi connectivity index (χ0v) is 20.7. The highest BCUT2D eigenvalue weighted by Gasteiger charge is 2.30. The van der Waals surface area contributed by atoms with Crippen molar-refractivity contribution in [3.05, 3.63) is 89.5 Å². The van der Waals surface area contributed by atoms with Gasteiger partial charge in [0.05, 0.1) is 0 Å². The van der Waals surface area contributed by atoms with Gasteiger partial charge in [0, 0.05) is 36.7 Å². The minimum atomic E-state index is -0.0880. The molecule has 36 heavy (non-hydrogen) atoms. The molecule has 1 fully saturated rings. The van der Waals surface area contributed by atoms with Gasteiger partial charge in [-0.2, -0.15) is 0 Å². The minimum absolute atomic E-state index is 0.00355. The lowest BCUT2D eigenvalue weighted by atomic mass is 9.84. The van der Waals surface area contributed by atoms with E-state index in [-0.39, 0.29) is 23.7 Å². The van der Waals surface area contributed by atoms with Crippen LogP contribution in [0.3, 0.4) is 0 Å². The second-order valence-corrected chi connectivity index (χ2v) is 9.69. The Bertz CT molecular complexity index is 1370. The highest BCUT2D eigenvalue weighted by molar-refractivity contribution is 5.97. The summed E-state index contributed by atoms with van der Waals surface area (Å²) >= 11 is 0. The summed E-state index contributed by atoms with van der Waals surface area (Å²) in [5.74, 6) is 0.793. The first-order valence-corrected chi connectivity index (χ1v) is 12.6. The van der Waals surface area contributed by atoms with Crippen LogP contribution < -0.4 is 5.32 Å². The summed E-state index contributed by atoms with van der Waals surface area (Å²) in [5.41, 5.74) is 5.14. The molecule has 0 unspecified atom stereocenters. The molecule has 6 nitrogen and oxygen atoms in total. The second kappa shape index (κ2) is 10.4. The molecule has 0 aliphatic carbocycles. The quantitative estimate of drug-likeness (QED) is 0.389. The summed E-state index contributed by atoms with van der Waals surface area (Å²) in [6.45, 7) is 5.88. The molecule has 1 atom stereocenters. The number of benzene rings is 3. The van der Waals surface area contributed by atoms with Crippen molar-refractivity contribution in [3.8, 4) is 11.5 Å². The number of nitrogens with zero attached hydrogens (tertiary/aromatic N) is 2. The highest BCUT2D eigenvalue weighted by Crippen LogP contribution is 2.28. The Morgan fingerprint density at radius 2 is 1.81 bits per heavy atom. The third kappa shape index (κ3) is 5.18. The van der Waals surface area contributed by atoms with Gasteiger partial charge in [-0.25, -0.2) is 4.98 Å². The Labute approximate surface area is 211 Å². The van der Waals surface area contributed by atoms with Crippen LogP contribution in [0.15, 0.2) is 77.2 Å². The Hall–Kier alpha value is -3.93. The van der Waals surface area contributed by atoms with Gasteiger partial charge in [-0.15, -0.1) is 0 Å². The van der Waals surface area contributed by atoms with Crippen LogP contribution in [0.4, 0.5) is 0 Å². The predicted octanol–water partition coefficient (Wildman–Crippen LogP) is 5.61. The molecule has 1 aromatic heterocycles. The van der Waals surface area contributed by atoms with Gasteiger partial charge in [0.2, 0.25) is 11.8 Å². The van der Waals surface area contributed by atoms with Crippen molar-refractivity contribution < 1.29 is 14.0 Å². The van der Waals surface area contributed by atoms with Crippen LogP contribution in [0.5, 0.6) is 0 Å². The van der Waals surface area contributed by atoms with E-state index in [2.05, 4.69) is 29.4 Å². The molecule has 4 aromatic rings. The molecule has 5 rings (SSSR count). The maximum Gasteiger partial charge on any atom is 0.253 e. The number of hydrogen-bond donors (Lipinski definition) is 1. The fraction of sp³-hybridized carbons (Fsp3) is 0.300. The lowest BCUT2D eigenvalue weighted by Gasteiger charge is -2.34. The molecule has 6 heteroatoms. The molecular weight excluding hydrogens is 450 g/mol. The molecule has 1 aliphatic rings. The van der Waals surface area contributed by atoms with E-state index in [4.69, 9.17) is 4.42 Å². The van der Waals surface area contributed by atoms with Gasteiger partial charge >= 0.3 is 0 Å². The summed E-state index contributed by atoms with van der Waals surface area (Å²) < 4.78 is 5.88. The summed E-state index contributed by atoms with van der Waals surface area (Å²) in [7, 11) is 0. The van der Waals surface area contributed by atoms with Crippen LogP contribution in [0.1, 0.15) is 41.3 Å². The normalized spacial score (nSPS) is 15.1. The number of carbonyl (C=O) groups is 2. The Kier molecular flexibility index (Phi) is 6.85. The number of amides is 2. The van der Waals surface area contributed by atoms with Crippen molar-refractivity contribution in [1.82, 2.24) is 15.2 Å². The molecule has 184 valence electrons. The fourth-order valence-electron chi connectivity index (χ4n) is 4.94. The number of carbonyl (C=O) groups excluding carboxylic acids is 2. The number of oxazole rings is 1. The summed E-state index contributed by atoms with van der Waals surface area (Å²) in [5, 5.41) is 3.08. The maximum atomic E-state index is 13.2. The van der Waals surface area contributed by atoms with Crippen molar-refractivity contribution >= 4 is 22.9 Å². The van der Waals surface area contributed by atoms with Gasteiger partial charge < -0.3 is 14.6 Å². The van der Waals surface area contributed by atoms with Crippen LogP contribution in [-0.4, -0.2) is 34.8 Å². The molecular formula is C30H31N3O3. The van der Waals surface area contributed by atoms with E-state index < -0.39 is 0 Å². The van der Waals surface area contributed by atoms with Crippen molar-refractivity contribution in [2.45, 2.75) is 33.2 Å². The molecule has 0 radical (unpaired) electrons. The second-order valence-electron chi connectivity index (χ2n) is 9.69. The van der Waals surface area contributed by atoms with Crippen molar-refractivity contribution in [3.63, 3.8) is 0 Å². The largest absolute Gasteiger partial charge is 0.436 e. The minimum Gasteiger partial charge on any atom is -0.436 e. The molecule has 0 bridgehead atoms. The number of hydrogen-bond acceptors (Lipinski definition) is 4. The van der Waals surface area contributed by atoms with Gasteiger partial charge in [0.25, 0.3) is 5.91 Å². The summed E-state index contributed by atoms with van der Waals surface area (Å²) in [4.78, 5) is 32.4. The smallest absolute Gasteiger partial charge is 0.253 e. The van der Waals surface area contributed by atoms with Crippen LogP contribution in [0.25, 0.3) is 22.6 Å². The molecule has 1 N–H and O–H groups in total. The van der Waals surface area contributed by atoms with E-state index >= 15 is 0 Å². The highest BCUT2D eigenvalue weighted by atomic mass is 16.3. The van der Waals surface area contributed by atoms with Crippen LogP contribution in [-0.2, 0) is 11.3 Å². The summed E-state index contributed by atoms with van der Waals surface area (Å²) in [6, 6.07) is 23.3. The summed E-state index contributed by atoms with van der Waals surface area (Å²) in [6.07, 6.45) is 1.63. The standard InChI is InChI=1S/C30H31N3O3/c1-20-7-6-8-22(17-20)19-31-28(34)21(2)23-13-15-33(16-14-23)30(35)25-11-12-27-26(18-25)32-29(36-27)24-9-4-3-5-10-24/h3-12,17-18,21,23H,13-16,19H2,1-2H3,(H,31,34)/t21-/m0/s1. The average molecular weight is 482 g/mol. The average Bonchev–Trinajstić information content (AvgIpc) is 3.35. The molecule has 1 saturated heterocycles. The number of fused-ring (bicyclic) bond motifs is 1. The topological polar surface area (TPSA) is 75.4 Å². The van der Waals surface area contributed by atoms with Gasteiger partial charge in [-0.3, -0.25) is 9.59 Å². The van der Waals surface area contributed by atoms with Crippen LogP contribution in [0, 0.1) is 18.8 Å². The third-order valence-electron chi connectivity index (χ3n) is 7.15. The van der Waals surface area contributed by atoms with Crippen LogP contribution in [0.2, 0.25) is 0 Å². The number of nitrogens with one attached hydrogen (secondary N) is 1. The first kappa shape index (κ1) is 23.8. The molecule has 3 aromatic carbocycles. The monoisotopic (exact) mass is 481 g/mol. The molecule has 0 saturated carbocycles. The lowest BCUT2D eigenvalue weighted by Crippen LogP contribution is -2.42. The number of likely N-dealkylation sites (tertiary alicyclic amines) is 1. The van der Waals surface area contributed by atoms with Crippen molar-refractivity contribution in [2.24, 2.45) is 11.8 Å². The SMILES string of the molecule is Cc1cccc(CNC(=O)[C@@H](C)C2CCN(C(=O)c3ccc4oc(-c5ccccc5)nc4c3)CC2)c1. The van der Waals surface area contributed by atoms with Crippen LogP contribution >= 0.6 is 0 Å². The van der Waals surface area contributed by atoms with E-state index in [1.165, 1.54) is 5.56 Å². The molecule has 2 amide bonds. The predicted molar refractivity (Wildman–Crippen MR) is 140 cm³/mol. The fourth-order valence-corrected chi connectivity index (χ4v) is 4.94. The first-order chi connectivity index (χ1) is 17.5. The number of rotatable bonds is 6. The first-order valence-electron chi connectivity index (χ1n) is 12.6.